The molecule has 7 heterocycles. The molecule has 6 aromatic rings. The fourth-order valence-electron chi connectivity index (χ4n) is 12.2. The summed E-state index contributed by atoms with van der Waals surface area (Å²) in [6.45, 7) is 10.6. The number of amides is 4. The molecule has 75 heavy (non-hydrogen) atoms. The standard InChI is InChI=1S/C56H63BrN11O6P/c1-64-33-38(30-59-64)42-28-46(61-56-58-31-44(57)52(63-56)60-45-12-9-37-7-5-6-8-40(37)51(45)75(3,4)73)49(74-2)29-48(42)67-25-19-36(20-26-67)35-17-21-65(22-18-35)32-34-15-23-66(24-16-34)39-10-11-41-43(27-39)55(72)68(54(41)71)47-13-14-50(69)62-53(47)70/h5-12,27-31,33-36,47H,13-26,32H2,1-4H3,(H,62,69,70)(H2,58,60,61,63). The van der Waals surface area contributed by atoms with Gasteiger partial charge in [0.2, 0.25) is 17.8 Å². The Morgan fingerprint density at radius 1 is 0.773 bits per heavy atom. The maximum atomic E-state index is 13.7. The van der Waals surface area contributed by atoms with Crippen molar-refractivity contribution in [2.24, 2.45) is 24.8 Å². The number of aromatic nitrogens is 4. The van der Waals surface area contributed by atoms with Crippen LogP contribution in [-0.2, 0) is 21.2 Å². The molecule has 0 spiro atoms. The van der Waals surface area contributed by atoms with Gasteiger partial charge >= 0.3 is 0 Å². The number of nitrogens with zero attached hydrogens (tertiary/aromatic N) is 8. The Hall–Kier alpha value is -6.62. The highest BCUT2D eigenvalue weighted by Crippen LogP contribution is 2.45. The molecular weight excluding hydrogens is 1030 g/mol. The van der Waals surface area contributed by atoms with Crippen molar-refractivity contribution < 1.29 is 28.5 Å². The summed E-state index contributed by atoms with van der Waals surface area (Å²) in [7, 11) is 0.912. The van der Waals surface area contributed by atoms with Crippen molar-refractivity contribution in [3.8, 4) is 16.9 Å². The molecule has 5 aliphatic rings. The molecule has 4 aromatic carbocycles. The maximum Gasteiger partial charge on any atom is 0.262 e. The van der Waals surface area contributed by atoms with E-state index in [1.165, 1.54) is 12.8 Å². The lowest BCUT2D eigenvalue weighted by Crippen LogP contribution is -2.54. The fourth-order valence-corrected chi connectivity index (χ4v) is 14.0. The molecular formula is C56H63BrN11O6P. The largest absolute Gasteiger partial charge is 0.494 e. The lowest BCUT2D eigenvalue weighted by molar-refractivity contribution is -0.136. The van der Waals surface area contributed by atoms with Crippen molar-refractivity contribution in [2.75, 3.05) is 86.7 Å². The van der Waals surface area contributed by atoms with Crippen LogP contribution in [0.2, 0.25) is 0 Å². The van der Waals surface area contributed by atoms with Gasteiger partial charge in [0.1, 0.15) is 24.8 Å². The number of hydrogen-bond acceptors (Lipinski definition) is 14. The van der Waals surface area contributed by atoms with E-state index in [4.69, 9.17) is 9.72 Å². The Labute approximate surface area is 445 Å². The Morgan fingerprint density at radius 2 is 1.49 bits per heavy atom. The summed E-state index contributed by atoms with van der Waals surface area (Å²) >= 11 is 3.65. The number of carbonyl (C=O) groups excluding carboxylic acids is 4. The molecule has 5 aliphatic heterocycles. The van der Waals surface area contributed by atoms with E-state index in [0.717, 1.165) is 126 Å². The number of imide groups is 2. The van der Waals surface area contributed by atoms with Gasteiger partial charge in [-0.2, -0.15) is 10.1 Å². The second-order valence-electron chi connectivity index (χ2n) is 21.2. The van der Waals surface area contributed by atoms with E-state index < -0.39 is 30.9 Å². The number of anilines is 6. The lowest BCUT2D eigenvalue weighted by Gasteiger charge is -2.42. The molecule has 4 saturated heterocycles. The molecule has 17 nitrogen and oxygen atoms in total. The number of ether oxygens (including phenoxy) is 1. The summed E-state index contributed by atoms with van der Waals surface area (Å²) in [6, 6.07) is 20.7. The summed E-state index contributed by atoms with van der Waals surface area (Å²) in [4.78, 5) is 69.0. The van der Waals surface area contributed by atoms with Gasteiger partial charge in [-0.1, -0.05) is 30.3 Å². The van der Waals surface area contributed by atoms with Crippen LogP contribution in [0.5, 0.6) is 5.75 Å². The number of methoxy groups -OCH3 is 1. The van der Waals surface area contributed by atoms with Gasteiger partial charge in [0.05, 0.1) is 40.3 Å². The molecule has 0 aliphatic carbocycles. The Bertz CT molecular complexity index is 3260. The number of aryl methyl sites for hydroxylation is 1. The first kappa shape index (κ1) is 50.5. The molecule has 0 radical (unpaired) electrons. The van der Waals surface area contributed by atoms with Gasteiger partial charge in [0.15, 0.2) is 0 Å². The second kappa shape index (κ2) is 20.8. The van der Waals surface area contributed by atoms with Gasteiger partial charge in [-0.3, -0.25) is 34.1 Å². The molecule has 19 heteroatoms. The molecule has 4 fully saturated rings. The SMILES string of the molecule is COc1cc(N2CCC(C3CCN(CC4CCN(c5ccc6c(c5)C(=O)N(C5CCC(=O)NC5=O)C6=O)CC4)CC3)CC2)c(-c2cnn(C)c2)cc1Nc1ncc(Br)c(Nc2ccc3ccccc3c2P(C)(C)=O)n1. The van der Waals surface area contributed by atoms with Crippen molar-refractivity contribution >= 4 is 97.3 Å². The normalized spacial score (nSPS) is 19.5. The average molecular weight is 1100 g/mol. The predicted octanol–water partition coefficient (Wildman–Crippen LogP) is 8.78. The molecule has 1 unspecified atom stereocenters. The van der Waals surface area contributed by atoms with Crippen LogP contribution in [0.25, 0.3) is 21.9 Å². The number of piperidine rings is 4. The third-order valence-electron chi connectivity index (χ3n) is 16.1. The average Bonchev–Trinajstić information content (AvgIpc) is 3.96. The lowest BCUT2D eigenvalue weighted by atomic mass is 9.78. The van der Waals surface area contributed by atoms with E-state index in [1.807, 2.05) is 66.6 Å². The van der Waals surface area contributed by atoms with Crippen LogP contribution in [0, 0.1) is 17.8 Å². The van der Waals surface area contributed by atoms with E-state index in [0.29, 0.717) is 50.9 Å². The van der Waals surface area contributed by atoms with Gasteiger partial charge in [0, 0.05) is 92.5 Å². The molecule has 0 saturated carbocycles. The van der Waals surface area contributed by atoms with Gasteiger partial charge in [-0.15, -0.1) is 0 Å². The highest BCUT2D eigenvalue weighted by Gasteiger charge is 2.45. The number of halogens is 1. The van der Waals surface area contributed by atoms with Gasteiger partial charge < -0.3 is 34.6 Å². The maximum absolute atomic E-state index is 13.7. The first-order chi connectivity index (χ1) is 36.2. The second-order valence-corrected chi connectivity index (χ2v) is 25.2. The Kier molecular flexibility index (Phi) is 14.0. The highest BCUT2D eigenvalue weighted by molar-refractivity contribution is 9.10. The third kappa shape index (κ3) is 10.3. The van der Waals surface area contributed by atoms with Gasteiger partial charge in [-0.05, 0) is 146 Å². The number of likely N-dealkylation sites (tertiary alicyclic amines) is 1. The van der Waals surface area contributed by atoms with E-state index in [9.17, 15) is 23.7 Å². The van der Waals surface area contributed by atoms with E-state index in [-0.39, 0.29) is 18.7 Å². The van der Waals surface area contributed by atoms with Crippen molar-refractivity contribution in [3.05, 3.63) is 101 Å². The smallest absolute Gasteiger partial charge is 0.262 e. The third-order valence-corrected chi connectivity index (χ3v) is 18.3. The molecule has 11 rings (SSSR count). The summed E-state index contributed by atoms with van der Waals surface area (Å²) in [5.41, 5.74) is 6.15. The predicted molar refractivity (Wildman–Crippen MR) is 297 cm³/mol. The number of hydrogen-bond donors (Lipinski definition) is 3. The summed E-state index contributed by atoms with van der Waals surface area (Å²) in [6.07, 6.45) is 12.7. The van der Waals surface area contributed by atoms with Crippen LogP contribution in [0.1, 0.15) is 72.1 Å². The van der Waals surface area contributed by atoms with Crippen molar-refractivity contribution in [2.45, 2.75) is 57.4 Å². The highest BCUT2D eigenvalue weighted by atomic mass is 79.9. The zero-order valence-electron chi connectivity index (χ0n) is 42.9. The minimum Gasteiger partial charge on any atom is -0.494 e. The van der Waals surface area contributed by atoms with Crippen LogP contribution < -0.4 is 35.8 Å². The number of carbonyl (C=O) groups is 4. The van der Waals surface area contributed by atoms with E-state index >= 15 is 0 Å². The quantitative estimate of drug-likeness (QED) is 0.0736. The van der Waals surface area contributed by atoms with Crippen molar-refractivity contribution in [1.82, 2.24) is 34.9 Å². The monoisotopic (exact) mass is 1100 g/mol. The number of nitrogens with one attached hydrogen (secondary N) is 3. The van der Waals surface area contributed by atoms with Crippen molar-refractivity contribution in [3.63, 3.8) is 0 Å². The van der Waals surface area contributed by atoms with Crippen LogP contribution in [0.3, 0.4) is 0 Å². The minimum atomic E-state index is -2.71. The first-order valence-electron chi connectivity index (χ1n) is 26.1. The Morgan fingerprint density at radius 3 is 2.20 bits per heavy atom. The molecule has 0 bridgehead atoms. The molecule has 2 aromatic heterocycles. The zero-order chi connectivity index (χ0) is 52.1. The van der Waals surface area contributed by atoms with Crippen LogP contribution >= 0.6 is 23.1 Å². The molecule has 390 valence electrons. The molecule has 1 atom stereocenters. The summed E-state index contributed by atoms with van der Waals surface area (Å²) in [5.74, 6) is 1.62. The van der Waals surface area contributed by atoms with E-state index in [1.54, 1.807) is 38.8 Å². The van der Waals surface area contributed by atoms with Crippen LogP contribution in [-0.4, -0.2) is 125 Å². The number of fused-ring (bicyclic) bond motifs is 2. The summed E-state index contributed by atoms with van der Waals surface area (Å²) in [5, 5.41) is 16.5. The molecule has 3 N–H and O–H groups in total. The fraction of sp³-hybridized carbons (Fsp3) is 0.411. The minimum absolute atomic E-state index is 0.0968. The van der Waals surface area contributed by atoms with Gasteiger partial charge in [0.25, 0.3) is 11.8 Å². The molecule has 4 amide bonds. The first-order valence-corrected chi connectivity index (χ1v) is 29.5. The van der Waals surface area contributed by atoms with E-state index in [2.05, 4.69) is 68.8 Å². The summed E-state index contributed by atoms with van der Waals surface area (Å²) < 4.78 is 22.3. The van der Waals surface area contributed by atoms with Crippen LogP contribution in [0.4, 0.5) is 34.5 Å². The number of rotatable bonds is 13. The Balaban J connectivity index is 0.700. The topological polar surface area (TPSA) is 187 Å². The van der Waals surface area contributed by atoms with Crippen LogP contribution in [0.15, 0.2) is 89.8 Å². The van der Waals surface area contributed by atoms with Crippen molar-refractivity contribution in [1.29, 1.82) is 0 Å². The van der Waals surface area contributed by atoms with Gasteiger partial charge in [-0.25, -0.2) is 4.98 Å². The number of benzene rings is 4. The zero-order valence-corrected chi connectivity index (χ0v) is 45.3.